The fourth-order valence-corrected chi connectivity index (χ4v) is 11.0. The van der Waals surface area contributed by atoms with Crippen LogP contribution >= 0.6 is 0 Å². The highest BCUT2D eigenvalue weighted by Crippen LogP contribution is 2.61. The molecule has 1 spiro atoms. The Bertz CT molecular complexity index is 1780. The lowest BCUT2D eigenvalue weighted by atomic mass is 9.82. The Hall–Kier alpha value is -4.26. The third-order valence-electron chi connectivity index (χ3n) is 10.7. The first-order valence-electron chi connectivity index (χ1n) is 16.9. The van der Waals surface area contributed by atoms with Crippen LogP contribution in [-0.4, -0.2) is 75.1 Å². The van der Waals surface area contributed by atoms with Gasteiger partial charge in [0.1, 0.15) is 11.5 Å². The monoisotopic (exact) mass is 687 g/mol. The number of carbonyl (C=O) groups is 3. The van der Waals surface area contributed by atoms with Gasteiger partial charge in [-0.15, -0.1) is 0 Å². The smallest absolute Gasteiger partial charge is 0.269 e. The van der Waals surface area contributed by atoms with Gasteiger partial charge >= 0.3 is 0 Å². The normalized spacial score (nSPS) is 26.3. The number of methoxy groups -OCH3 is 1. The van der Waals surface area contributed by atoms with E-state index in [1.165, 1.54) is 0 Å². The van der Waals surface area contributed by atoms with Crippen LogP contribution in [0.25, 0.3) is 0 Å². The van der Waals surface area contributed by atoms with Crippen molar-refractivity contribution in [3.8, 4) is 11.5 Å². The Morgan fingerprint density at radius 1 is 1.08 bits per heavy atom. The average Bonchev–Trinajstić information content (AvgIpc) is 3.75. The van der Waals surface area contributed by atoms with Gasteiger partial charge in [-0.3, -0.25) is 19.3 Å². The minimum Gasteiger partial charge on any atom is -0.497 e. The molecule has 0 unspecified atom stereocenters. The number of halogens is 1. The quantitative estimate of drug-likeness (QED) is 0.248. The molecule has 2 saturated heterocycles. The van der Waals surface area contributed by atoms with Gasteiger partial charge in [0.25, 0.3) is 11.8 Å². The summed E-state index contributed by atoms with van der Waals surface area (Å²) in [5.74, 6) is -0.0810. The molecule has 0 radical (unpaired) electrons. The molecule has 0 aliphatic carbocycles. The zero-order valence-corrected chi connectivity index (χ0v) is 29.2. The number of benzene rings is 3. The van der Waals surface area contributed by atoms with Gasteiger partial charge in [-0.05, 0) is 74.0 Å². The molecule has 3 amide bonds. The summed E-state index contributed by atoms with van der Waals surface area (Å²) in [6.07, 6.45) is 0.641. The van der Waals surface area contributed by atoms with E-state index in [9.17, 15) is 19.5 Å². The number of nitrogens with zero attached hydrogens (tertiary/aromatic N) is 3. The molecular weight excluding hydrogens is 646 g/mol. The molecule has 3 aromatic carbocycles. The van der Waals surface area contributed by atoms with E-state index in [1.54, 1.807) is 47.0 Å². The van der Waals surface area contributed by atoms with Crippen LogP contribution in [0.1, 0.15) is 37.3 Å². The Kier molecular flexibility index (Phi) is 8.52. The van der Waals surface area contributed by atoms with Crippen LogP contribution in [0.4, 0.5) is 21.2 Å². The van der Waals surface area contributed by atoms with Crippen molar-refractivity contribution in [2.75, 3.05) is 36.7 Å². The molecule has 258 valence electrons. The lowest BCUT2D eigenvalue weighted by molar-refractivity contribution is -0.150. The number of carbonyl (C=O) groups excluding carboxylic acids is 3. The highest BCUT2D eigenvalue weighted by atomic mass is 28.4. The third kappa shape index (κ3) is 5.50. The SMILES string of the molecule is COc1ccc2c(c1)[C@]1(O[C@@H](CC(=O)N3CCC[C@H]3CO)[C@H]([Si](C)(C)F)[C@H]1C)C(=O)N2Cc1ccc(N2C(=O)COc3ccccc32)cc1. The standard InChI is InChI=1S/C37H42FN3O7Si/c1-23-35(49(3,4)38)32(19-33(43)39-17-7-8-26(39)21-42)48-37(23)28-18-27(46-2)15-16-29(28)40(36(37)45)20-24-11-13-25(14-12-24)41-30-9-5-6-10-31(30)47-22-34(41)44/h5-6,9-16,18,23,26,32,35,42H,7-8,17,19-22H2,1-4H3/t23-,26+,32+,35-,37+/m1/s1. The van der Waals surface area contributed by atoms with Crippen LogP contribution in [0.3, 0.4) is 0 Å². The maximum atomic E-state index is 16.3. The molecule has 4 heterocycles. The van der Waals surface area contributed by atoms with Crippen LogP contribution in [0.15, 0.2) is 66.7 Å². The van der Waals surface area contributed by atoms with Crippen molar-refractivity contribution in [2.24, 2.45) is 5.92 Å². The zero-order chi connectivity index (χ0) is 34.7. The van der Waals surface area contributed by atoms with E-state index in [1.807, 2.05) is 61.5 Å². The molecule has 4 aliphatic heterocycles. The Morgan fingerprint density at radius 3 is 2.55 bits per heavy atom. The first-order valence-corrected chi connectivity index (χ1v) is 19.8. The van der Waals surface area contributed by atoms with Gasteiger partial charge in [0, 0.05) is 29.3 Å². The van der Waals surface area contributed by atoms with E-state index in [2.05, 4.69) is 0 Å². The van der Waals surface area contributed by atoms with Gasteiger partial charge in [0.05, 0.1) is 50.2 Å². The predicted molar refractivity (Wildman–Crippen MR) is 184 cm³/mol. The first kappa shape index (κ1) is 33.2. The van der Waals surface area contributed by atoms with E-state index in [0.717, 1.165) is 18.4 Å². The molecule has 5 atom stereocenters. The highest BCUT2D eigenvalue weighted by molar-refractivity contribution is 6.72. The molecule has 4 aliphatic rings. The van der Waals surface area contributed by atoms with Crippen molar-refractivity contribution < 1.29 is 37.8 Å². The number of aliphatic hydroxyl groups is 1. The second-order valence-corrected chi connectivity index (χ2v) is 17.8. The molecule has 49 heavy (non-hydrogen) atoms. The summed E-state index contributed by atoms with van der Waals surface area (Å²) in [6.45, 7) is 5.66. The maximum absolute atomic E-state index is 16.3. The molecule has 0 aromatic heterocycles. The molecule has 0 saturated carbocycles. The largest absolute Gasteiger partial charge is 0.497 e. The minimum atomic E-state index is -3.49. The number of para-hydroxylation sites is 2. The van der Waals surface area contributed by atoms with E-state index < -0.39 is 31.6 Å². The van der Waals surface area contributed by atoms with Crippen molar-refractivity contribution in [3.05, 3.63) is 77.9 Å². The van der Waals surface area contributed by atoms with Gasteiger partial charge in [0.2, 0.25) is 14.3 Å². The van der Waals surface area contributed by atoms with Crippen molar-refractivity contribution in [1.82, 2.24) is 4.90 Å². The fourth-order valence-electron chi connectivity index (χ4n) is 8.47. The number of hydrogen-bond acceptors (Lipinski definition) is 7. The maximum Gasteiger partial charge on any atom is 0.269 e. The number of ether oxygens (including phenoxy) is 3. The Balaban J connectivity index is 1.21. The number of anilines is 3. The third-order valence-corrected chi connectivity index (χ3v) is 13.2. The topological polar surface area (TPSA) is 109 Å². The predicted octanol–water partition coefficient (Wildman–Crippen LogP) is 5.45. The summed E-state index contributed by atoms with van der Waals surface area (Å²) < 4.78 is 34.3. The van der Waals surface area contributed by atoms with E-state index in [0.29, 0.717) is 40.7 Å². The van der Waals surface area contributed by atoms with Crippen molar-refractivity contribution in [3.63, 3.8) is 0 Å². The van der Waals surface area contributed by atoms with Crippen molar-refractivity contribution in [1.29, 1.82) is 0 Å². The molecule has 3 aromatic rings. The van der Waals surface area contributed by atoms with Crippen molar-refractivity contribution >= 4 is 43.2 Å². The first-order chi connectivity index (χ1) is 23.5. The Labute approximate surface area is 286 Å². The molecule has 12 heteroatoms. The Morgan fingerprint density at radius 2 is 1.84 bits per heavy atom. The molecule has 10 nitrogen and oxygen atoms in total. The van der Waals surface area contributed by atoms with E-state index >= 15 is 4.11 Å². The van der Waals surface area contributed by atoms with Crippen molar-refractivity contribution in [2.45, 2.75) is 69.1 Å². The van der Waals surface area contributed by atoms with Gasteiger partial charge < -0.3 is 33.2 Å². The summed E-state index contributed by atoms with van der Waals surface area (Å²) in [4.78, 5) is 46.3. The lowest BCUT2D eigenvalue weighted by Crippen LogP contribution is -2.45. The molecule has 2 fully saturated rings. The van der Waals surface area contributed by atoms with Crippen LogP contribution in [-0.2, 0) is 31.3 Å². The number of fused-ring (bicyclic) bond motifs is 3. The lowest BCUT2D eigenvalue weighted by Gasteiger charge is -2.31. The van der Waals surface area contributed by atoms with E-state index in [-0.39, 0.29) is 49.9 Å². The van der Waals surface area contributed by atoms with Gasteiger partial charge in [0.15, 0.2) is 12.2 Å². The second kappa shape index (κ2) is 12.6. The molecular formula is C37H42FN3O7Si. The highest BCUT2D eigenvalue weighted by Gasteiger charge is 2.67. The fraction of sp³-hybridized carbons (Fsp3) is 0.432. The second-order valence-electron chi connectivity index (χ2n) is 14.0. The minimum absolute atomic E-state index is 0.0618. The van der Waals surface area contributed by atoms with Crippen LogP contribution < -0.4 is 19.3 Å². The number of aliphatic hydroxyl groups excluding tert-OH is 1. The van der Waals surface area contributed by atoms with Crippen LogP contribution in [0.2, 0.25) is 18.6 Å². The number of hydrogen-bond donors (Lipinski definition) is 1. The van der Waals surface area contributed by atoms with E-state index in [4.69, 9.17) is 14.2 Å². The van der Waals surface area contributed by atoms with Gasteiger partial charge in [-0.2, -0.15) is 0 Å². The summed E-state index contributed by atoms with van der Waals surface area (Å²) in [7, 11) is -1.93. The number of rotatable bonds is 8. The summed E-state index contributed by atoms with van der Waals surface area (Å²) in [6, 6.07) is 20.0. The number of amides is 3. The summed E-state index contributed by atoms with van der Waals surface area (Å²) >= 11 is 0. The van der Waals surface area contributed by atoms with Crippen LogP contribution in [0.5, 0.6) is 11.5 Å². The molecule has 1 N–H and O–H groups in total. The molecule has 0 bridgehead atoms. The summed E-state index contributed by atoms with van der Waals surface area (Å²) in [5, 5.41) is 9.85. The zero-order valence-electron chi connectivity index (χ0n) is 28.2. The van der Waals surface area contributed by atoms with Gasteiger partial charge in [-0.1, -0.05) is 31.2 Å². The summed E-state index contributed by atoms with van der Waals surface area (Å²) in [5.41, 5.74) is 1.26. The average molecular weight is 688 g/mol. The van der Waals surface area contributed by atoms with Gasteiger partial charge in [-0.25, -0.2) is 0 Å². The number of likely N-dealkylation sites (tertiary alicyclic amines) is 1. The van der Waals surface area contributed by atoms with Crippen LogP contribution in [0, 0.1) is 5.92 Å². The molecule has 7 rings (SSSR count).